The zero-order chi connectivity index (χ0) is 15.3. The average Bonchev–Trinajstić information content (AvgIpc) is 2.66. The number of rotatable bonds is 5. The standard InChI is InChI=1S/C13H18N2O3S2/c1-5-14-13(19)15-11-9(12(17)18-6-2)7(3)10(20-11)8(4)16/h5-6H2,1-4H3,(H2,14,15,19). The predicted molar refractivity (Wildman–Crippen MR) is 84.9 cm³/mol. The molecule has 0 radical (unpaired) electrons. The molecule has 1 rings (SSSR count). The van der Waals surface area contributed by atoms with Crippen LogP contribution in [-0.2, 0) is 4.74 Å². The summed E-state index contributed by atoms with van der Waals surface area (Å²) in [5.74, 6) is -0.531. The van der Waals surface area contributed by atoms with Crippen LogP contribution in [0.4, 0.5) is 5.00 Å². The molecule has 0 aliphatic heterocycles. The molecular weight excluding hydrogens is 296 g/mol. The molecule has 20 heavy (non-hydrogen) atoms. The molecule has 1 aromatic rings. The van der Waals surface area contributed by atoms with Gasteiger partial charge < -0.3 is 15.4 Å². The first-order valence-electron chi connectivity index (χ1n) is 6.28. The number of esters is 1. The van der Waals surface area contributed by atoms with Crippen LogP contribution < -0.4 is 10.6 Å². The predicted octanol–water partition coefficient (Wildman–Crippen LogP) is 2.74. The number of nitrogens with one attached hydrogen (secondary N) is 2. The Balaban J connectivity index is 3.19. The first-order chi connectivity index (χ1) is 9.42. The second-order valence-corrected chi connectivity index (χ2v) is 5.45. The minimum atomic E-state index is -0.449. The van der Waals surface area contributed by atoms with Crippen molar-refractivity contribution in [3.63, 3.8) is 0 Å². The van der Waals surface area contributed by atoms with Crippen molar-refractivity contribution < 1.29 is 14.3 Å². The summed E-state index contributed by atoms with van der Waals surface area (Å²) in [6, 6.07) is 0. The molecule has 2 N–H and O–H groups in total. The minimum absolute atomic E-state index is 0.0829. The van der Waals surface area contributed by atoms with Crippen LogP contribution in [0.3, 0.4) is 0 Å². The number of carbonyl (C=O) groups excluding carboxylic acids is 2. The Morgan fingerprint density at radius 3 is 2.50 bits per heavy atom. The maximum atomic E-state index is 12.0. The molecule has 0 amide bonds. The van der Waals surface area contributed by atoms with Crippen molar-refractivity contribution in [2.24, 2.45) is 0 Å². The lowest BCUT2D eigenvalue weighted by Gasteiger charge is -2.09. The molecule has 1 heterocycles. The van der Waals surface area contributed by atoms with E-state index < -0.39 is 5.97 Å². The van der Waals surface area contributed by atoms with Crippen molar-refractivity contribution in [3.05, 3.63) is 16.0 Å². The monoisotopic (exact) mass is 314 g/mol. The van der Waals surface area contributed by atoms with Gasteiger partial charge in [-0.1, -0.05) is 0 Å². The normalized spacial score (nSPS) is 10.0. The van der Waals surface area contributed by atoms with Gasteiger partial charge in [0.05, 0.1) is 17.0 Å². The van der Waals surface area contributed by atoms with E-state index in [4.69, 9.17) is 17.0 Å². The van der Waals surface area contributed by atoms with Gasteiger partial charge in [-0.05, 0) is 45.5 Å². The van der Waals surface area contributed by atoms with Gasteiger partial charge in [0.1, 0.15) is 5.00 Å². The zero-order valence-corrected chi connectivity index (χ0v) is 13.6. The van der Waals surface area contributed by atoms with E-state index in [2.05, 4.69) is 10.6 Å². The SMILES string of the molecule is CCNC(=S)Nc1sc(C(C)=O)c(C)c1C(=O)OCC. The van der Waals surface area contributed by atoms with Crippen LogP contribution >= 0.6 is 23.6 Å². The lowest BCUT2D eigenvalue weighted by atomic mass is 10.1. The van der Waals surface area contributed by atoms with Gasteiger partial charge >= 0.3 is 5.97 Å². The van der Waals surface area contributed by atoms with Crippen molar-refractivity contribution in [1.29, 1.82) is 0 Å². The molecule has 1 aromatic heterocycles. The summed E-state index contributed by atoms with van der Waals surface area (Å²) in [6.07, 6.45) is 0. The highest BCUT2D eigenvalue weighted by Gasteiger charge is 2.24. The third-order valence-corrected chi connectivity index (χ3v) is 4.06. The highest BCUT2D eigenvalue weighted by molar-refractivity contribution is 7.80. The first kappa shape index (κ1) is 16.6. The second-order valence-electron chi connectivity index (χ2n) is 4.02. The fraction of sp³-hybridized carbons (Fsp3) is 0.462. The number of carbonyl (C=O) groups is 2. The van der Waals surface area contributed by atoms with Crippen molar-refractivity contribution in [3.8, 4) is 0 Å². The third-order valence-electron chi connectivity index (χ3n) is 2.51. The lowest BCUT2D eigenvalue weighted by Crippen LogP contribution is -2.28. The van der Waals surface area contributed by atoms with Gasteiger partial charge in [0.15, 0.2) is 10.9 Å². The largest absolute Gasteiger partial charge is 0.462 e. The maximum Gasteiger partial charge on any atom is 0.341 e. The Morgan fingerprint density at radius 1 is 1.35 bits per heavy atom. The van der Waals surface area contributed by atoms with E-state index in [1.807, 2.05) is 6.92 Å². The van der Waals surface area contributed by atoms with E-state index in [0.29, 0.717) is 32.7 Å². The maximum absolute atomic E-state index is 12.0. The number of hydrogen-bond donors (Lipinski definition) is 2. The van der Waals surface area contributed by atoms with Crippen LogP contribution in [0.1, 0.15) is 46.4 Å². The van der Waals surface area contributed by atoms with E-state index in [9.17, 15) is 9.59 Å². The number of thiocarbonyl (C=S) groups is 1. The Morgan fingerprint density at radius 2 is 2.00 bits per heavy atom. The van der Waals surface area contributed by atoms with Crippen molar-refractivity contribution in [2.45, 2.75) is 27.7 Å². The van der Waals surface area contributed by atoms with Gasteiger partial charge in [0.25, 0.3) is 0 Å². The Bertz CT molecular complexity index is 538. The molecule has 0 aliphatic carbocycles. The summed E-state index contributed by atoms with van der Waals surface area (Å²) in [5.41, 5.74) is 1.00. The van der Waals surface area contributed by atoms with Crippen molar-refractivity contribution in [2.75, 3.05) is 18.5 Å². The highest BCUT2D eigenvalue weighted by Crippen LogP contribution is 2.34. The van der Waals surface area contributed by atoms with Crippen LogP contribution in [0.25, 0.3) is 0 Å². The number of thiophene rings is 1. The number of ketones is 1. The number of Topliss-reactive ketones (excluding diaryl/α,β-unsaturated/α-hetero) is 1. The molecule has 0 saturated heterocycles. The van der Waals surface area contributed by atoms with Gasteiger partial charge in [-0.2, -0.15) is 0 Å². The molecule has 0 aliphatic rings. The van der Waals surface area contributed by atoms with Crippen LogP contribution in [0.15, 0.2) is 0 Å². The van der Waals surface area contributed by atoms with E-state index >= 15 is 0 Å². The van der Waals surface area contributed by atoms with Crippen LogP contribution in [-0.4, -0.2) is 30.0 Å². The molecule has 0 saturated carbocycles. The summed E-state index contributed by atoms with van der Waals surface area (Å²) in [7, 11) is 0. The molecule has 5 nitrogen and oxygen atoms in total. The van der Waals surface area contributed by atoms with E-state index in [0.717, 1.165) is 0 Å². The summed E-state index contributed by atoms with van der Waals surface area (Å²) in [5, 5.41) is 6.84. The molecule has 0 aromatic carbocycles. The highest BCUT2D eigenvalue weighted by atomic mass is 32.1. The molecule has 0 unspecified atom stereocenters. The van der Waals surface area contributed by atoms with E-state index in [-0.39, 0.29) is 12.4 Å². The summed E-state index contributed by atoms with van der Waals surface area (Å²) < 4.78 is 5.04. The van der Waals surface area contributed by atoms with Crippen LogP contribution in [0.2, 0.25) is 0 Å². The number of hydrogen-bond acceptors (Lipinski definition) is 5. The Kier molecular flexibility index (Phi) is 6.09. The van der Waals surface area contributed by atoms with E-state index in [1.165, 1.54) is 18.3 Å². The summed E-state index contributed by atoms with van der Waals surface area (Å²) in [6.45, 7) is 7.81. The Labute approximate surface area is 127 Å². The number of anilines is 1. The van der Waals surface area contributed by atoms with Crippen LogP contribution in [0, 0.1) is 6.92 Å². The first-order valence-corrected chi connectivity index (χ1v) is 7.51. The minimum Gasteiger partial charge on any atom is -0.462 e. The van der Waals surface area contributed by atoms with Gasteiger partial charge in [0, 0.05) is 6.54 Å². The quantitative estimate of drug-likeness (QED) is 0.495. The molecule has 110 valence electrons. The fourth-order valence-electron chi connectivity index (χ4n) is 1.69. The van der Waals surface area contributed by atoms with Gasteiger partial charge in [-0.25, -0.2) is 4.79 Å². The smallest absolute Gasteiger partial charge is 0.341 e. The van der Waals surface area contributed by atoms with Gasteiger partial charge in [0.2, 0.25) is 0 Å². The fourth-order valence-corrected chi connectivity index (χ4v) is 3.10. The molecule has 0 atom stereocenters. The van der Waals surface area contributed by atoms with Crippen molar-refractivity contribution in [1.82, 2.24) is 5.32 Å². The van der Waals surface area contributed by atoms with Gasteiger partial charge in [-0.3, -0.25) is 4.79 Å². The van der Waals surface area contributed by atoms with Crippen molar-refractivity contribution >= 4 is 45.4 Å². The molecule has 0 spiro atoms. The Hall–Kier alpha value is -1.47. The second kappa shape index (κ2) is 7.35. The summed E-state index contributed by atoms with van der Waals surface area (Å²) >= 11 is 6.33. The topological polar surface area (TPSA) is 67.4 Å². The molecular formula is C13H18N2O3S2. The summed E-state index contributed by atoms with van der Waals surface area (Å²) in [4.78, 5) is 24.2. The number of ether oxygens (including phenoxy) is 1. The average molecular weight is 314 g/mol. The third kappa shape index (κ3) is 3.77. The van der Waals surface area contributed by atoms with Crippen LogP contribution in [0.5, 0.6) is 0 Å². The molecule has 7 heteroatoms. The molecule has 0 fully saturated rings. The lowest BCUT2D eigenvalue weighted by molar-refractivity contribution is 0.0527. The molecule has 0 bridgehead atoms. The van der Waals surface area contributed by atoms with Gasteiger partial charge in [-0.15, -0.1) is 11.3 Å². The van der Waals surface area contributed by atoms with E-state index in [1.54, 1.807) is 13.8 Å². The zero-order valence-electron chi connectivity index (χ0n) is 12.0.